The number of aromatic amines is 1. The summed E-state index contributed by atoms with van der Waals surface area (Å²) in [6.45, 7) is 0. The average Bonchev–Trinajstić information content (AvgIpc) is 2.67. The SMILES string of the molecule is COc1ccc(-c2cc(-c3ccccc3F)c(C#N)c(=O)[nH]2)cc1OC. The van der Waals surface area contributed by atoms with E-state index in [0.29, 0.717) is 22.8 Å². The maximum absolute atomic E-state index is 14.2. The molecule has 0 fully saturated rings. The Balaban J connectivity index is 2.24. The molecule has 6 heteroatoms. The zero-order valence-electron chi connectivity index (χ0n) is 14.2. The number of methoxy groups -OCH3 is 2. The molecule has 0 saturated carbocycles. The van der Waals surface area contributed by atoms with E-state index in [1.54, 1.807) is 36.4 Å². The Morgan fingerprint density at radius 1 is 1.00 bits per heavy atom. The third-order valence-corrected chi connectivity index (χ3v) is 4.00. The van der Waals surface area contributed by atoms with Crippen LogP contribution in [0.5, 0.6) is 11.5 Å². The molecule has 0 aliphatic carbocycles. The molecular weight excluding hydrogens is 335 g/mol. The summed E-state index contributed by atoms with van der Waals surface area (Å²) in [5.41, 5.74) is 0.781. The first-order valence-corrected chi connectivity index (χ1v) is 7.73. The average molecular weight is 350 g/mol. The van der Waals surface area contributed by atoms with Crippen molar-refractivity contribution in [1.82, 2.24) is 4.98 Å². The van der Waals surface area contributed by atoms with Gasteiger partial charge in [0.2, 0.25) is 0 Å². The van der Waals surface area contributed by atoms with Crippen LogP contribution in [-0.2, 0) is 0 Å². The zero-order chi connectivity index (χ0) is 18.7. The van der Waals surface area contributed by atoms with Gasteiger partial charge in [-0.1, -0.05) is 18.2 Å². The van der Waals surface area contributed by atoms with Crippen molar-refractivity contribution in [3.63, 3.8) is 0 Å². The van der Waals surface area contributed by atoms with Crippen molar-refractivity contribution in [3.8, 4) is 40.0 Å². The molecule has 1 heterocycles. The fourth-order valence-electron chi connectivity index (χ4n) is 2.72. The predicted octanol–water partition coefficient (Wildman–Crippen LogP) is 3.74. The van der Waals surface area contributed by atoms with E-state index in [0.717, 1.165) is 0 Å². The van der Waals surface area contributed by atoms with Gasteiger partial charge in [-0.2, -0.15) is 5.26 Å². The lowest BCUT2D eigenvalue weighted by Crippen LogP contribution is -2.13. The summed E-state index contributed by atoms with van der Waals surface area (Å²) >= 11 is 0. The molecule has 0 radical (unpaired) electrons. The molecule has 5 nitrogen and oxygen atoms in total. The first-order chi connectivity index (χ1) is 12.6. The van der Waals surface area contributed by atoms with Crippen molar-refractivity contribution in [3.05, 3.63) is 70.3 Å². The maximum atomic E-state index is 14.2. The highest BCUT2D eigenvalue weighted by Crippen LogP contribution is 2.33. The number of H-pyrrole nitrogens is 1. The second kappa shape index (κ2) is 7.11. The number of benzene rings is 2. The second-order valence-electron chi connectivity index (χ2n) is 5.46. The Hall–Kier alpha value is -3.59. The van der Waals surface area contributed by atoms with Crippen LogP contribution in [0.15, 0.2) is 53.3 Å². The summed E-state index contributed by atoms with van der Waals surface area (Å²) in [5, 5.41) is 9.33. The zero-order valence-corrected chi connectivity index (χ0v) is 14.2. The van der Waals surface area contributed by atoms with Crippen LogP contribution in [0.2, 0.25) is 0 Å². The van der Waals surface area contributed by atoms with Gasteiger partial charge in [0.05, 0.1) is 14.2 Å². The minimum atomic E-state index is -0.585. The lowest BCUT2D eigenvalue weighted by molar-refractivity contribution is 0.355. The third kappa shape index (κ3) is 3.03. The van der Waals surface area contributed by atoms with E-state index in [9.17, 15) is 14.4 Å². The van der Waals surface area contributed by atoms with Gasteiger partial charge in [0.15, 0.2) is 11.5 Å². The smallest absolute Gasteiger partial charge is 0.266 e. The first kappa shape index (κ1) is 17.2. The topological polar surface area (TPSA) is 75.1 Å². The standard InChI is InChI=1S/C20H15FN2O3/c1-25-18-8-7-12(9-19(18)26-2)17-10-14(15(11-22)20(24)23-17)13-5-3-4-6-16(13)21/h3-10H,1-2H3,(H,23,24). The number of pyridine rings is 1. The molecule has 0 saturated heterocycles. The van der Waals surface area contributed by atoms with Gasteiger partial charge < -0.3 is 14.5 Å². The molecule has 130 valence electrons. The van der Waals surface area contributed by atoms with Gasteiger partial charge in [0, 0.05) is 22.4 Å². The second-order valence-corrected chi connectivity index (χ2v) is 5.46. The van der Waals surface area contributed by atoms with E-state index >= 15 is 0 Å². The van der Waals surface area contributed by atoms with E-state index in [1.807, 2.05) is 6.07 Å². The number of nitrogens with zero attached hydrogens (tertiary/aromatic N) is 1. The summed E-state index contributed by atoms with van der Waals surface area (Å²) in [7, 11) is 3.03. The number of halogens is 1. The van der Waals surface area contributed by atoms with Gasteiger partial charge in [0.25, 0.3) is 5.56 Å². The van der Waals surface area contributed by atoms with Crippen LogP contribution in [0.1, 0.15) is 5.56 Å². The summed E-state index contributed by atoms with van der Waals surface area (Å²) in [6.07, 6.45) is 0. The molecule has 1 aromatic heterocycles. The van der Waals surface area contributed by atoms with Crippen molar-refractivity contribution < 1.29 is 13.9 Å². The highest BCUT2D eigenvalue weighted by Gasteiger charge is 2.16. The molecule has 3 aromatic rings. The van der Waals surface area contributed by atoms with Gasteiger partial charge in [-0.15, -0.1) is 0 Å². The Labute approximate surface area is 149 Å². The van der Waals surface area contributed by atoms with E-state index in [-0.39, 0.29) is 16.7 Å². The van der Waals surface area contributed by atoms with E-state index in [1.165, 1.54) is 26.4 Å². The Kier molecular flexibility index (Phi) is 4.72. The van der Waals surface area contributed by atoms with Gasteiger partial charge in [0.1, 0.15) is 17.4 Å². The summed E-state index contributed by atoms with van der Waals surface area (Å²) in [5.74, 6) is 0.525. The molecule has 26 heavy (non-hydrogen) atoms. The molecule has 0 atom stereocenters. The Morgan fingerprint density at radius 2 is 1.73 bits per heavy atom. The molecule has 2 aromatic carbocycles. The number of nitriles is 1. The fourth-order valence-corrected chi connectivity index (χ4v) is 2.72. The normalized spacial score (nSPS) is 10.2. The molecule has 0 bridgehead atoms. The van der Waals surface area contributed by atoms with Crippen molar-refractivity contribution in [2.24, 2.45) is 0 Å². The minimum absolute atomic E-state index is 0.140. The number of hydrogen-bond acceptors (Lipinski definition) is 4. The van der Waals surface area contributed by atoms with Crippen LogP contribution < -0.4 is 15.0 Å². The lowest BCUT2D eigenvalue weighted by Gasteiger charge is -2.11. The summed E-state index contributed by atoms with van der Waals surface area (Å²) in [4.78, 5) is 15.0. The molecule has 0 spiro atoms. The number of rotatable bonds is 4. The van der Waals surface area contributed by atoms with Crippen LogP contribution in [-0.4, -0.2) is 19.2 Å². The molecule has 0 aliphatic heterocycles. The van der Waals surface area contributed by atoms with Crippen LogP contribution >= 0.6 is 0 Å². The summed E-state index contributed by atoms with van der Waals surface area (Å²) < 4.78 is 24.7. The number of nitrogens with one attached hydrogen (secondary N) is 1. The number of ether oxygens (including phenoxy) is 2. The Bertz CT molecular complexity index is 1070. The highest BCUT2D eigenvalue weighted by atomic mass is 19.1. The van der Waals surface area contributed by atoms with Gasteiger partial charge >= 0.3 is 0 Å². The fraction of sp³-hybridized carbons (Fsp3) is 0.100. The van der Waals surface area contributed by atoms with Gasteiger partial charge in [-0.25, -0.2) is 4.39 Å². The quantitative estimate of drug-likeness (QED) is 0.778. The van der Waals surface area contributed by atoms with E-state index in [4.69, 9.17) is 9.47 Å². The highest BCUT2D eigenvalue weighted by molar-refractivity contribution is 5.76. The molecule has 1 N–H and O–H groups in total. The van der Waals surface area contributed by atoms with E-state index < -0.39 is 11.4 Å². The van der Waals surface area contributed by atoms with Gasteiger partial charge in [-0.3, -0.25) is 4.79 Å². The molecule has 0 amide bonds. The van der Waals surface area contributed by atoms with Crippen molar-refractivity contribution in [1.29, 1.82) is 5.26 Å². The van der Waals surface area contributed by atoms with Crippen LogP contribution in [0, 0.1) is 17.1 Å². The largest absolute Gasteiger partial charge is 0.493 e. The number of aromatic nitrogens is 1. The predicted molar refractivity (Wildman–Crippen MR) is 95.7 cm³/mol. The van der Waals surface area contributed by atoms with Crippen LogP contribution in [0.4, 0.5) is 4.39 Å². The van der Waals surface area contributed by atoms with Crippen LogP contribution in [0.3, 0.4) is 0 Å². The van der Waals surface area contributed by atoms with Crippen LogP contribution in [0.25, 0.3) is 22.4 Å². The molecule has 3 rings (SSSR count). The molecule has 0 aliphatic rings. The summed E-state index contributed by atoms with van der Waals surface area (Å²) in [6, 6.07) is 14.6. The van der Waals surface area contributed by atoms with Crippen molar-refractivity contribution in [2.45, 2.75) is 0 Å². The Morgan fingerprint density at radius 3 is 2.38 bits per heavy atom. The maximum Gasteiger partial charge on any atom is 0.266 e. The number of hydrogen-bond donors (Lipinski definition) is 1. The molecule has 0 unspecified atom stereocenters. The minimum Gasteiger partial charge on any atom is -0.493 e. The monoisotopic (exact) mass is 350 g/mol. The van der Waals surface area contributed by atoms with Crippen molar-refractivity contribution >= 4 is 0 Å². The third-order valence-electron chi connectivity index (χ3n) is 4.00. The van der Waals surface area contributed by atoms with Crippen molar-refractivity contribution in [2.75, 3.05) is 14.2 Å². The van der Waals surface area contributed by atoms with Gasteiger partial charge in [-0.05, 0) is 30.3 Å². The first-order valence-electron chi connectivity index (χ1n) is 7.73. The lowest BCUT2D eigenvalue weighted by atomic mass is 9.98. The molecular formula is C20H15FN2O3. The van der Waals surface area contributed by atoms with E-state index in [2.05, 4.69) is 4.98 Å².